The van der Waals surface area contributed by atoms with Crippen LogP contribution in [0.4, 0.5) is 4.39 Å². The number of rotatable bonds is 8. The van der Waals surface area contributed by atoms with Gasteiger partial charge in [0.1, 0.15) is 17.7 Å². The first-order chi connectivity index (χ1) is 27.8. The third-order valence-corrected chi connectivity index (χ3v) is 11.8. The van der Waals surface area contributed by atoms with E-state index in [9.17, 15) is 18.8 Å². The number of nitrogens with zero attached hydrogens (tertiary/aromatic N) is 2. The smallest absolute Gasteiger partial charge is 0.259 e. The highest BCUT2D eigenvalue weighted by Crippen LogP contribution is 2.57. The van der Waals surface area contributed by atoms with Gasteiger partial charge in [0.05, 0.1) is 29.2 Å². The van der Waals surface area contributed by atoms with Crippen LogP contribution < -0.4 is 15.1 Å². The van der Waals surface area contributed by atoms with Gasteiger partial charge in [-0.25, -0.2) is 9.37 Å². The Morgan fingerprint density at radius 1 is 0.930 bits per heavy atom. The molecule has 0 spiro atoms. The van der Waals surface area contributed by atoms with Crippen molar-refractivity contribution >= 4 is 28.5 Å². The molecule has 1 saturated heterocycles. The van der Waals surface area contributed by atoms with Gasteiger partial charge in [-0.2, -0.15) is 5.48 Å². The Hall–Kier alpha value is -5.83. The molecule has 4 aromatic carbocycles. The standard InChI is InChI=1S/C48H48FN3O5/c1-32-22-23-40-42(24-32)50-41(34-15-8-5-9-16-34)28-45(40)56-39-27-43-44(53)30-48(47(55)51-57-38-20-11-6-12-21-38)29-36(48)18-10-4-2-3-7-17-35(46(54)52(43)31-39)25-33-14-13-19-37(49)26-33/h5-6,8-16,18-24,26,28,35-36,39,43H,2-4,7,17,25,27,29-31H2,1H3,(H,51,55)/b18-10-/t35-,36+,39-,43+,48-/m1/s1. The van der Waals surface area contributed by atoms with E-state index < -0.39 is 23.5 Å². The van der Waals surface area contributed by atoms with Crippen LogP contribution in [0.3, 0.4) is 0 Å². The fraction of sp³-hybridized carbons (Fsp3) is 0.333. The highest BCUT2D eigenvalue weighted by Gasteiger charge is 2.61. The molecule has 1 aromatic heterocycles. The molecule has 0 radical (unpaired) electrons. The molecule has 57 heavy (non-hydrogen) atoms. The van der Waals surface area contributed by atoms with E-state index in [2.05, 4.69) is 17.6 Å². The number of para-hydroxylation sites is 1. The summed E-state index contributed by atoms with van der Waals surface area (Å²) in [5.74, 6) is -0.490. The summed E-state index contributed by atoms with van der Waals surface area (Å²) in [5, 5.41) is 0.841. The minimum Gasteiger partial charge on any atom is -0.488 e. The van der Waals surface area contributed by atoms with Crippen molar-refractivity contribution in [2.45, 2.75) is 76.9 Å². The summed E-state index contributed by atoms with van der Waals surface area (Å²) in [6.45, 7) is 2.22. The number of ether oxygens (including phenoxy) is 1. The molecule has 3 aliphatic rings. The van der Waals surface area contributed by atoms with Gasteiger partial charge < -0.3 is 14.5 Å². The molecule has 8 nitrogen and oxygen atoms in total. The molecule has 5 atom stereocenters. The summed E-state index contributed by atoms with van der Waals surface area (Å²) >= 11 is 0. The van der Waals surface area contributed by atoms with Gasteiger partial charge in [0, 0.05) is 35.8 Å². The van der Waals surface area contributed by atoms with Gasteiger partial charge in [-0.1, -0.05) is 91.7 Å². The molecule has 2 fully saturated rings. The SMILES string of the molecule is Cc1ccc2c(O[C@@H]3C[C@H]4C(=O)C[C@]5(C(=O)NOc6ccccc6)C[C@@H]5/C=C\CCCCC[C@H](Cc5cccc(F)c5)C(=O)N4C3)cc(-c3ccccc3)nc2c1. The Bertz CT molecular complexity index is 2280. The van der Waals surface area contributed by atoms with Gasteiger partial charge in [-0.3, -0.25) is 14.4 Å². The Morgan fingerprint density at radius 3 is 2.54 bits per heavy atom. The van der Waals surface area contributed by atoms with E-state index in [1.165, 1.54) is 12.1 Å². The number of ketones is 1. The van der Waals surface area contributed by atoms with Gasteiger partial charge in [-0.05, 0) is 92.5 Å². The van der Waals surface area contributed by atoms with Crippen molar-refractivity contribution in [1.82, 2.24) is 15.4 Å². The maximum absolute atomic E-state index is 14.9. The van der Waals surface area contributed by atoms with Crippen molar-refractivity contribution in [3.8, 4) is 22.8 Å². The van der Waals surface area contributed by atoms with Gasteiger partial charge in [0.25, 0.3) is 5.91 Å². The van der Waals surface area contributed by atoms with E-state index in [0.29, 0.717) is 30.8 Å². The number of amides is 2. The lowest BCUT2D eigenvalue weighted by Gasteiger charge is -2.29. The number of Topliss-reactive ketones (excluding diaryl/α,β-unsaturated/α-hetero) is 1. The van der Waals surface area contributed by atoms with Crippen molar-refractivity contribution in [1.29, 1.82) is 0 Å². The number of hydrogen-bond donors (Lipinski definition) is 1. The minimum atomic E-state index is -0.999. The monoisotopic (exact) mass is 765 g/mol. The molecule has 2 aliphatic heterocycles. The lowest BCUT2D eigenvalue weighted by atomic mass is 9.90. The number of halogens is 1. The molecule has 9 heteroatoms. The number of allylic oxidation sites excluding steroid dienone is 2. The second-order valence-electron chi connectivity index (χ2n) is 15.9. The average molecular weight is 766 g/mol. The van der Waals surface area contributed by atoms with Crippen molar-refractivity contribution in [2.24, 2.45) is 17.3 Å². The minimum absolute atomic E-state index is 0.0443. The van der Waals surface area contributed by atoms with Crippen LogP contribution in [-0.4, -0.2) is 46.2 Å². The molecular formula is C48H48FN3O5. The van der Waals surface area contributed by atoms with Gasteiger partial charge in [-0.15, -0.1) is 0 Å². The van der Waals surface area contributed by atoms with E-state index in [1.54, 1.807) is 23.1 Å². The zero-order chi connectivity index (χ0) is 39.4. The normalized spacial score (nSPS) is 24.4. The van der Waals surface area contributed by atoms with Crippen LogP contribution in [0.15, 0.2) is 121 Å². The first-order valence-corrected chi connectivity index (χ1v) is 20.2. The van der Waals surface area contributed by atoms with E-state index >= 15 is 0 Å². The Morgan fingerprint density at radius 2 is 1.74 bits per heavy atom. The summed E-state index contributed by atoms with van der Waals surface area (Å²) < 4.78 is 21.2. The highest BCUT2D eigenvalue weighted by molar-refractivity contribution is 5.97. The number of aryl methyl sites for hydroxylation is 1. The zero-order valence-electron chi connectivity index (χ0n) is 32.2. The first kappa shape index (κ1) is 38.1. The van der Waals surface area contributed by atoms with Crippen molar-refractivity contribution < 1.29 is 28.3 Å². The van der Waals surface area contributed by atoms with Crippen LogP contribution in [0.5, 0.6) is 11.5 Å². The largest absolute Gasteiger partial charge is 0.488 e. The van der Waals surface area contributed by atoms with Crippen LogP contribution >= 0.6 is 0 Å². The summed E-state index contributed by atoms with van der Waals surface area (Å²) in [5.41, 5.74) is 5.95. The number of pyridine rings is 1. The van der Waals surface area contributed by atoms with Gasteiger partial charge in [0.15, 0.2) is 11.5 Å². The third-order valence-electron chi connectivity index (χ3n) is 11.8. The van der Waals surface area contributed by atoms with Crippen LogP contribution in [0.1, 0.15) is 62.5 Å². The van der Waals surface area contributed by atoms with Crippen LogP contribution in [-0.2, 0) is 20.8 Å². The molecule has 292 valence electrons. The molecule has 8 rings (SSSR count). The predicted octanol–water partition coefficient (Wildman–Crippen LogP) is 9.15. The van der Waals surface area contributed by atoms with Crippen LogP contribution in [0, 0.1) is 30.0 Å². The molecule has 0 bridgehead atoms. The highest BCUT2D eigenvalue weighted by atomic mass is 19.1. The maximum atomic E-state index is 14.9. The molecule has 1 saturated carbocycles. The molecular weight excluding hydrogens is 718 g/mol. The molecule has 1 aliphatic carbocycles. The topological polar surface area (TPSA) is 97.8 Å². The van der Waals surface area contributed by atoms with E-state index in [-0.39, 0.29) is 48.7 Å². The molecule has 5 aromatic rings. The van der Waals surface area contributed by atoms with E-state index in [1.807, 2.05) is 85.8 Å². The van der Waals surface area contributed by atoms with E-state index in [4.69, 9.17) is 14.6 Å². The summed E-state index contributed by atoms with van der Waals surface area (Å²) in [6, 6.07) is 32.5. The zero-order valence-corrected chi connectivity index (χ0v) is 32.2. The number of hydroxylamine groups is 1. The number of aromatic nitrogens is 1. The molecule has 0 unspecified atom stereocenters. The summed E-state index contributed by atoms with van der Waals surface area (Å²) in [4.78, 5) is 55.9. The first-order valence-electron chi connectivity index (χ1n) is 20.2. The van der Waals surface area contributed by atoms with Crippen molar-refractivity contribution in [2.75, 3.05) is 6.54 Å². The van der Waals surface area contributed by atoms with Crippen molar-refractivity contribution in [3.63, 3.8) is 0 Å². The number of carbonyl (C=O) groups is 3. The summed E-state index contributed by atoms with van der Waals surface area (Å²) in [6.07, 6.45) is 8.92. The number of benzene rings is 4. The fourth-order valence-corrected chi connectivity index (χ4v) is 8.61. The number of nitrogens with one attached hydrogen (secondary N) is 1. The quantitative estimate of drug-likeness (QED) is 0.125. The van der Waals surface area contributed by atoms with Gasteiger partial charge in [0.2, 0.25) is 5.91 Å². The van der Waals surface area contributed by atoms with Crippen LogP contribution in [0.25, 0.3) is 22.2 Å². The second-order valence-corrected chi connectivity index (χ2v) is 15.9. The summed E-state index contributed by atoms with van der Waals surface area (Å²) in [7, 11) is 0. The second kappa shape index (κ2) is 16.7. The fourth-order valence-electron chi connectivity index (χ4n) is 8.61. The molecule has 2 amide bonds. The number of carbonyl (C=O) groups excluding carboxylic acids is 3. The van der Waals surface area contributed by atoms with Gasteiger partial charge >= 0.3 is 0 Å². The Labute approximate surface area is 333 Å². The predicted molar refractivity (Wildman–Crippen MR) is 218 cm³/mol. The third kappa shape index (κ3) is 8.63. The molecule has 3 heterocycles. The molecule has 1 N–H and O–H groups in total. The van der Waals surface area contributed by atoms with Crippen LogP contribution in [0.2, 0.25) is 0 Å². The number of hydrogen-bond acceptors (Lipinski definition) is 6. The average Bonchev–Trinajstić information content (AvgIpc) is 3.75. The van der Waals surface area contributed by atoms with Crippen molar-refractivity contribution in [3.05, 3.63) is 138 Å². The maximum Gasteiger partial charge on any atom is 0.259 e. The lowest BCUT2D eigenvalue weighted by Crippen LogP contribution is -2.46. The lowest BCUT2D eigenvalue weighted by molar-refractivity contribution is -0.143. The number of fused-ring (bicyclic) bond motifs is 3. The Kier molecular flexibility index (Phi) is 11.2. The van der Waals surface area contributed by atoms with E-state index in [0.717, 1.165) is 59.0 Å². The Balaban J connectivity index is 1.12.